The number of nitrogens with one attached hydrogen (secondary N) is 1. The third-order valence-electron chi connectivity index (χ3n) is 3.65. The van der Waals surface area contributed by atoms with E-state index in [4.69, 9.17) is 4.74 Å². The van der Waals surface area contributed by atoms with Crippen molar-refractivity contribution in [1.29, 1.82) is 0 Å². The predicted molar refractivity (Wildman–Crippen MR) is 74.4 cm³/mol. The number of likely N-dealkylation sites (tertiary alicyclic amines) is 1. The van der Waals surface area contributed by atoms with Crippen LogP contribution in [0.4, 0.5) is 0 Å². The Hall–Kier alpha value is -0.700. The van der Waals surface area contributed by atoms with E-state index in [1.807, 2.05) is 0 Å². The molecule has 2 rings (SSSR count). The standard InChI is InChI=1S/C12H23N3O4S/c16-12-4-2-1-3-6-14(12)7-5-13-20(17,18)15-8-10-19-11-9-15/h13H,1-11H2. The molecule has 1 N–H and O–H groups in total. The first-order valence-corrected chi connectivity index (χ1v) is 8.64. The lowest BCUT2D eigenvalue weighted by atomic mass is 10.2. The topological polar surface area (TPSA) is 79.0 Å². The first kappa shape index (κ1) is 15.7. The van der Waals surface area contributed by atoms with E-state index < -0.39 is 10.2 Å². The van der Waals surface area contributed by atoms with Crippen LogP contribution in [0.5, 0.6) is 0 Å². The second-order valence-electron chi connectivity index (χ2n) is 5.10. The zero-order chi connectivity index (χ0) is 14.4. The summed E-state index contributed by atoms with van der Waals surface area (Å²) in [6.07, 6.45) is 3.59. The summed E-state index contributed by atoms with van der Waals surface area (Å²) in [7, 11) is -3.45. The molecular formula is C12H23N3O4S. The van der Waals surface area contributed by atoms with Crippen LogP contribution >= 0.6 is 0 Å². The molecular weight excluding hydrogens is 282 g/mol. The van der Waals surface area contributed by atoms with Crippen LogP contribution in [-0.4, -0.2) is 69.5 Å². The molecule has 0 unspecified atom stereocenters. The molecule has 2 aliphatic heterocycles. The van der Waals surface area contributed by atoms with Crippen molar-refractivity contribution in [1.82, 2.24) is 13.9 Å². The smallest absolute Gasteiger partial charge is 0.279 e. The van der Waals surface area contributed by atoms with Crippen LogP contribution < -0.4 is 4.72 Å². The summed E-state index contributed by atoms with van der Waals surface area (Å²) in [6, 6.07) is 0. The molecule has 2 saturated heterocycles. The molecule has 20 heavy (non-hydrogen) atoms. The van der Waals surface area contributed by atoms with Gasteiger partial charge in [0.05, 0.1) is 13.2 Å². The van der Waals surface area contributed by atoms with Crippen molar-refractivity contribution < 1.29 is 17.9 Å². The van der Waals surface area contributed by atoms with Crippen LogP contribution in [-0.2, 0) is 19.7 Å². The second-order valence-corrected chi connectivity index (χ2v) is 6.86. The Bertz CT molecular complexity index is 420. The van der Waals surface area contributed by atoms with E-state index in [9.17, 15) is 13.2 Å². The minimum absolute atomic E-state index is 0.132. The average Bonchev–Trinajstić information content (AvgIpc) is 2.65. The number of carbonyl (C=O) groups is 1. The van der Waals surface area contributed by atoms with Crippen LogP contribution in [0, 0.1) is 0 Å². The minimum Gasteiger partial charge on any atom is -0.379 e. The van der Waals surface area contributed by atoms with E-state index in [0.29, 0.717) is 39.3 Å². The third-order valence-corrected chi connectivity index (χ3v) is 5.26. The maximum Gasteiger partial charge on any atom is 0.279 e. The number of morpholine rings is 1. The minimum atomic E-state index is -3.45. The van der Waals surface area contributed by atoms with E-state index >= 15 is 0 Å². The highest BCUT2D eigenvalue weighted by Gasteiger charge is 2.24. The lowest BCUT2D eigenvalue weighted by molar-refractivity contribution is -0.130. The molecule has 0 aliphatic carbocycles. The van der Waals surface area contributed by atoms with E-state index in [2.05, 4.69) is 4.72 Å². The molecule has 0 aromatic heterocycles. The number of hydrogen-bond acceptors (Lipinski definition) is 4. The number of hydrogen-bond donors (Lipinski definition) is 1. The zero-order valence-corrected chi connectivity index (χ0v) is 12.5. The van der Waals surface area contributed by atoms with Gasteiger partial charge in [-0.15, -0.1) is 0 Å². The monoisotopic (exact) mass is 305 g/mol. The van der Waals surface area contributed by atoms with Crippen molar-refractivity contribution in [2.75, 3.05) is 45.9 Å². The summed E-state index contributed by atoms with van der Waals surface area (Å²) in [6.45, 7) is 3.10. The largest absolute Gasteiger partial charge is 0.379 e. The lowest BCUT2D eigenvalue weighted by Gasteiger charge is -2.27. The van der Waals surface area contributed by atoms with Gasteiger partial charge in [-0.2, -0.15) is 12.7 Å². The maximum absolute atomic E-state index is 12.0. The van der Waals surface area contributed by atoms with Crippen LogP contribution in [0.15, 0.2) is 0 Å². The van der Waals surface area contributed by atoms with Gasteiger partial charge in [0.25, 0.3) is 10.2 Å². The van der Waals surface area contributed by atoms with Crippen LogP contribution in [0.25, 0.3) is 0 Å². The predicted octanol–water partition coefficient (Wildman–Crippen LogP) is -0.444. The second kappa shape index (κ2) is 7.35. The Kier molecular flexibility index (Phi) is 5.76. The Labute approximate surface area is 120 Å². The third kappa shape index (κ3) is 4.41. The average molecular weight is 305 g/mol. The maximum atomic E-state index is 12.0. The molecule has 0 spiro atoms. The number of ether oxygens (including phenoxy) is 1. The summed E-state index contributed by atoms with van der Waals surface area (Å²) < 4.78 is 33.2. The van der Waals surface area contributed by atoms with Gasteiger partial charge in [-0.1, -0.05) is 6.42 Å². The van der Waals surface area contributed by atoms with E-state index in [1.165, 1.54) is 4.31 Å². The number of amides is 1. The SMILES string of the molecule is O=C1CCCCCN1CCNS(=O)(=O)N1CCOCC1. The Morgan fingerprint density at radius 3 is 2.60 bits per heavy atom. The molecule has 2 fully saturated rings. The Morgan fingerprint density at radius 1 is 1.10 bits per heavy atom. The number of rotatable bonds is 5. The highest BCUT2D eigenvalue weighted by Crippen LogP contribution is 2.10. The molecule has 0 atom stereocenters. The fourth-order valence-corrected chi connectivity index (χ4v) is 3.62. The first-order valence-electron chi connectivity index (χ1n) is 7.20. The van der Waals surface area contributed by atoms with Crippen molar-refractivity contribution in [3.05, 3.63) is 0 Å². The van der Waals surface area contributed by atoms with Gasteiger partial charge in [-0.05, 0) is 12.8 Å². The molecule has 1 amide bonds. The highest BCUT2D eigenvalue weighted by molar-refractivity contribution is 7.87. The molecule has 0 bridgehead atoms. The molecule has 8 heteroatoms. The normalized spacial score (nSPS) is 22.8. The summed E-state index contributed by atoms with van der Waals surface area (Å²) in [5, 5.41) is 0. The number of carbonyl (C=O) groups excluding carboxylic acids is 1. The van der Waals surface area contributed by atoms with Gasteiger partial charge < -0.3 is 9.64 Å². The van der Waals surface area contributed by atoms with Crippen molar-refractivity contribution in [2.45, 2.75) is 25.7 Å². The molecule has 2 aliphatic rings. The lowest BCUT2D eigenvalue weighted by Crippen LogP contribution is -2.48. The van der Waals surface area contributed by atoms with Gasteiger partial charge in [-0.3, -0.25) is 4.79 Å². The summed E-state index contributed by atoms with van der Waals surface area (Å²) >= 11 is 0. The molecule has 116 valence electrons. The van der Waals surface area contributed by atoms with E-state index in [1.54, 1.807) is 4.90 Å². The van der Waals surface area contributed by atoms with Crippen molar-refractivity contribution in [2.24, 2.45) is 0 Å². The first-order chi connectivity index (χ1) is 9.59. The van der Waals surface area contributed by atoms with Gasteiger partial charge in [0, 0.05) is 39.1 Å². The fourth-order valence-electron chi connectivity index (χ4n) is 2.46. The van der Waals surface area contributed by atoms with Gasteiger partial charge in [0.1, 0.15) is 0 Å². The fraction of sp³-hybridized carbons (Fsp3) is 0.917. The molecule has 7 nitrogen and oxygen atoms in total. The van der Waals surface area contributed by atoms with Crippen molar-refractivity contribution >= 4 is 16.1 Å². The summed E-state index contributed by atoms with van der Waals surface area (Å²) in [5.74, 6) is 0.132. The molecule has 0 aromatic carbocycles. The Balaban J connectivity index is 1.77. The van der Waals surface area contributed by atoms with Gasteiger partial charge in [0.2, 0.25) is 5.91 Å². The van der Waals surface area contributed by atoms with E-state index in [-0.39, 0.29) is 12.5 Å². The molecule has 0 aromatic rings. The van der Waals surface area contributed by atoms with Gasteiger partial charge in [-0.25, -0.2) is 4.72 Å². The highest BCUT2D eigenvalue weighted by atomic mass is 32.2. The number of nitrogens with zero attached hydrogens (tertiary/aromatic N) is 2. The van der Waals surface area contributed by atoms with Gasteiger partial charge in [0.15, 0.2) is 0 Å². The quantitative estimate of drug-likeness (QED) is 0.746. The van der Waals surface area contributed by atoms with Crippen LogP contribution in [0.3, 0.4) is 0 Å². The van der Waals surface area contributed by atoms with Crippen LogP contribution in [0.2, 0.25) is 0 Å². The van der Waals surface area contributed by atoms with E-state index in [0.717, 1.165) is 25.8 Å². The molecule has 0 saturated carbocycles. The zero-order valence-electron chi connectivity index (χ0n) is 11.7. The molecule has 2 heterocycles. The molecule has 0 radical (unpaired) electrons. The summed E-state index contributed by atoms with van der Waals surface area (Å²) in [5.41, 5.74) is 0. The Morgan fingerprint density at radius 2 is 1.85 bits per heavy atom. The van der Waals surface area contributed by atoms with Crippen molar-refractivity contribution in [3.8, 4) is 0 Å². The summed E-state index contributed by atoms with van der Waals surface area (Å²) in [4.78, 5) is 13.6. The van der Waals surface area contributed by atoms with Crippen molar-refractivity contribution in [3.63, 3.8) is 0 Å². The van der Waals surface area contributed by atoms with Crippen LogP contribution in [0.1, 0.15) is 25.7 Å². The van der Waals surface area contributed by atoms with Gasteiger partial charge >= 0.3 is 0 Å².